The summed E-state index contributed by atoms with van der Waals surface area (Å²) >= 11 is 4.18. The predicted octanol–water partition coefficient (Wildman–Crippen LogP) is 4.66. The predicted molar refractivity (Wildman–Crippen MR) is 146 cm³/mol. The van der Waals surface area contributed by atoms with E-state index in [1.54, 1.807) is 25.1 Å². The maximum atomic E-state index is 13.5. The second-order valence-corrected chi connectivity index (χ2v) is 10.9. The molecular formula is C27H23BrN2O8S. The van der Waals surface area contributed by atoms with Gasteiger partial charge in [0.1, 0.15) is 22.5 Å². The van der Waals surface area contributed by atoms with Gasteiger partial charge in [-0.05, 0) is 71.2 Å². The minimum atomic E-state index is -1.16. The van der Waals surface area contributed by atoms with Crippen molar-refractivity contribution in [3.05, 3.63) is 67.6 Å². The molecule has 1 fully saturated rings. The zero-order chi connectivity index (χ0) is 28.2. The Kier molecular flexibility index (Phi) is 6.85. The molecule has 1 amide bonds. The molecule has 2 aliphatic rings. The highest BCUT2D eigenvalue weighted by Gasteiger charge is 2.49. The van der Waals surface area contributed by atoms with Crippen LogP contribution in [0.3, 0.4) is 0 Å². The number of aromatic nitrogens is 1. The Morgan fingerprint density at radius 2 is 1.97 bits per heavy atom. The number of hydrogen-bond donors (Lipinski definition) is 2. The van der Waals surface area contributed by atoms with E-state index < -0.39 is 23.7 Å². The molecule has 2 atom stereocenters. The number of nitrogens with zero attached hydrogens (tertiary/aromatic N) is 2. The van der Waals surface area contributed by atoms with E-state index in [1.165, 1.54) is 26.4 Å². The van der Waals surface area contributed by atoms with E-state index >= 15 is 0 Å². The molecule has 0 bridgehead atoms. The number of hydrogen-bond acceptors (Lipinski definition) is 10. The maximum absolute atomic E-state index is 13.5. The summed E-state index contributed by atoms with van der Waals surface area (Å²) in [6.45, 7) is 3.52. The second kappa shape index (κ2) is 10.0. The van der Waals surface area contributed by atoms with Gasteiger partial charge in [0.05, 0.1) is 36.0 Å². The number of phenolic OH excluding ortho intramolecular Hbond substituents is 1. The molecule has 1 saturated heterocycles. The van der Waals surface area contributed by atoms with Crippen LogP contribution in [-0.2, 0) is 20.7 Å². The Labute approximate surface area is 235 Å². The lowest BCUT2D eigenvalue weighted by molar-refractivity contribution is -0.132. The number of fused-ring (bicyclic) bond motifs is 1. The van der Waals surface area contributed by atoms with Crippen LogP contribution in [0.2, 0.25) is 0 Å². The zero-order valence-electron chi connectivity index (χ0n) is 21.3. The van der Waals surface area contributed by atoms with Crippen LogP contribution in [0.4, 0.5) is 5.13 Å². The minimum absolute atomic E-state index is 0.0260. The zero-order valence-corrected chi connectivity index (χ0v) is 23.7. The van der Waals surface area contributed by atoms with E-state index in [-0.39, 0.29) is 43.4 Å². The summed E-state index contributed by atoms with van der Waals surface area (Å²) in [5, 5.41) is 22.0. The Balaban J connectivity index is 1.73. The number of rotatable bonds is 5. The molecule has 2 aromatic carbocycles. The molecule has 2 aliphatic heterocycles. The fourth-order valence-corrected chi connectivity index (χ4v) is 6.22. The number of ether oxygens (including phenoxy) is 3. The molecule has 2 N–H and O–H groups in total. The summed E-state index contributed by atoms with van der Waals surface area (Å²) < 4.78 is 16.1. The molecule has 0 unspecified atom stereocenters. The Morgan fingerprint density at radius 3 is 2.67 bits per heavy atom. The number of aliphatic hydroxyl groups is 1. The van der Waals surface area contributed by atoms with Gasteiger partial charge in [0.15, 0.2) is 16.6 Å². The molecule has 0 radical (unpaired) electrons. The molecule has 5 rings (SSSR count). The molecule has 3 aromatic rings. The number of thiazole rings is 1. The van der Waals surface area contributed by atoms with Crippen molar-refractivity contribution in [2.24, 2.45) is 0 Å². The largest absolute Gasteiger partial charge is 0.507 e. The van der Waals surface area contributed by atoms with Crippen LogP contribution in [-0.4, -0.2) is 53.2 Å². The van der Waals surface area contributed by atoms with Gasteiger partial charge in [-0.2, -0.15) is 0 Å². The van der Waals surface area contributed by atoms with Gasteiger partial charge in [0.2, 0.25) is 0 Å². The highest BCUT2D eigenvalue weighted by Crippen LogP contribution is 2.47. The number of ketones is 1. The van der Waals surface area contributed by atoms with Crippen molar-refractivity contribution in [1.29, 1.82) is 0 Å². The third kappa shape index (κ3) is 4.43. The molecule has 3 heterocycles. The Hall–Kier alpha value is -3.90. The number of esters is 1. The lowest BCUT2D eigenvalue weighted by atomic mass is 9.94. The van der Waals surface area contributed by atoms with Crippen molar-refractivity contribution in [2.75, 3.05) is 19.1 Å². The molecule has 1 aromatic heterocycles. The van der Waals surface area contributed by atoms with Crippen LogP contribution >= 0.6 is 27.3 Å². The van der Waals surface area contributed by atoms with E-state index in [0.717, 1.165) is 21.8 Å². The lowest BCUT2D eigenvalue weighted by Gasteiger charge is -2.24. The molecule has 202 valence electrons. The molecule has 0 spiro atoms. The van der Waals surface area contributed by atoms with Crippen LogP contribution in [0.25, 0.3) is 5.76 Å². The van der Waals surface area contributed by atoms with E-state index in [2.05, 4.69) is 20.9 Å². The number of carbonyl (C=O) groups is 3. The van der Waals surface area contributed by atoms with Crippen LogP contribution in [0, 0.1) is 6.92 Å². The average Bonchev–Trinajstić information content (AvgIpc) is 3.56. The van der Waals surface area contributed by atoms with Gasteiger partial charge < -0.3 is 24.4 Å². The molecule has 39 heavy (non-hydrogen) atoms. The summed E-state index contributed by atoms with van der Waals surface area (Å²) in [5.74, 6) is -2.29. The van der Waals surface area contributed by atoms with Gasteiger partial charge in [0, 0.05) is 12.0 Å². The number of anilines is 1. The number of aryl methyl sites for hydroxylation is 1. The monoisotopic (exact) mass is 614 g/mol. The lowest BCUT2D eigenvalue weighted by Crippen LogP contribution is -2.29. The van der Waals surface area contributed by atoms with Crippen LogP contribution < -0.4 is 14.4 Å². The molecule has 0 aliphatic carbocycles. The first-order chi connectivity index (χ1) is 18.5. The van der Waals surface area contributed by atoms with Crippen molar-refractivity contribution < 1.29 is 38.8 Å². The summed E-state index contributed by atoms with van der Waals surface area (Å²) in [5.41, 5.74) is 1.69. The average molecular weight is 615 g/mol. The number of aliphatic hydroxyl groups excluding tert-OH is 1. The summed E-state index contributed by atoms with van der Waals surface area (Å²) in [6, 6.07) is 6.90. The van der Waals surface area contributed by atoms with Crippen LogP contribution in [0.1, 0.15) is 45.0 Å². The van der Waals surface area contributed by atoms with Crippen LogP contribution in [0.15, 0.2) is 40.4 Å². The number of Topliss-reactive ketones (excluding diaryl/α,β-unsaturated/α-hetero) is 1. The van der Waals surface area contributed by atoms with Gasteiger partial charge in [-0.3, -0.25) is 14.5 Å². The fraction of sp³-hybridized carbons (Fsp3) is 0.259. The minimum Gasteiger partial charge on any atom is -0.507 e. The van der Waals surface area contributed by atoms with E-state index in [0.29, 0.717) is 29.0 Å². The van der Waals surface area contributed by atoms with E-state index in [1.807, 2.05) is 6.92 Å². The highest BCUT2D eigenvalue weighted by molar-refractivity contribution is 9.10. The standard InChI is InChI=1S/C27H23BrN2O8S/c1-11-7-14-8-13(5-6-17(14)38-11)21(31)19-20(15-9-16(28)22(32)18(10-15)36-3)30(25(34)23(19)33)27-29-12(2)24(39-27)26(35)37-4/h5-6,8-11,20,31-32H,7H2,1-4H3/t11-,20+/m0/s1. The summed E-state index contributed by atoms with van der Waals surface area (Å²) in [7, 11) is 2.60. The topological polar surface area (TPSA) is 135 Å². The Morgan fingerprint density at radius 1 is 1.23 bits per heavy atom. The number of amides is 1. The fourth-order valence-electron chi connectivity index (χ4n) is 4.74. The normalized spacial score (nSPS) is 19.7. The van der Waals surface area contributed by atoms with Gasteiger partial charge in [-0.1, -0.05) is 11.3 Å². The third-order valence-electron chi connectivity index (χ3n) is 6.56. The van der Waals surface area contributed by atoms with Gasteiger partial charge in [0.25, 0.3) is 5.78 Å². The van der Waals surface area contributed by atoms with Crippen LogP contribution in [0.5, 0.6) is 17.2 Å². The summed E-state index contributed by atoms with van der Waals surface area (Å²) in [6.07, 6.45) is 0.604. The number of aromatic hydroxyl groups is 1. The van der Waals surface area contributed by atoms with Gasteiger partial charge in [-0.25, -0.2) is 9.78 Å². The SMILES string of the molecule is COC(=O)c1sc(N2C(=O)C(=O)C(=C(O)c3ccc4c(c3)C[C@H](C)O4)[C@H]2c2cc(Br)c(O)c(OC)c2)nc1C. The third-order valence-corrected chi connectivity index (χ3v) is 8.30. The van der Waals surface area contributed by atoms with Gasteiger partial charge in [-0.15, -0.1) is 0 Å². The van der Waals surface area contributed by atoms with Crippen molar-refractivity contribution in [3.8, 4) is 17.2 Å². The molecular weight excluding hydrogens is 592 g/mol. The molecule has 12 heteroatoms. The molecule has 10 nitrogen and oxygen atoms in total. The van der Waals surface area contributed by atoms with Crippen molar-refractivity contribution in [2.45, 2.75) is 32.4 Å². The number of benzene rings is 2. The number of carbonyl (C=O) groups excluding carboxylic acids is 3. The Bertz CT molecular complexity index is 1580. The smallest absolute Gasteiger partial charge is 0.350 e. The quantitative estimate of drug-likeness (QED) is 0.182. The van der Waals surface area contributed by atoms with Gasteiger partial charge >= 0.3 is 11.9 Å². The number of methoxy groups -OCH3 is 2. The van der Waals surface area contributed by atoms with Crippen molar-refractivity contribution in [1.82, 2.24) is 4.98 Å². The number of phenols is 1. The molecule has 0 saturated carbocycles. The number of halogens is 1. The first kappa shape index (κ1) is 26.7. The summed E-state index contributed by atoms with van der Waals surface area (Å²) in [4.78, 5) is 45.0. The maximum Gasteiger partial charge on any atom is 0.350 e. The second-order valence-electron chi connectivity index (χ2n) is 9.08. The van der Waals surface area contributed by atoms with E-state index in [4.69, 9.17) is 14.2 Å². The van der Waals surface area contributed by atoms with Crippen molar-refractivity contribution in [3.63, 3.8) is 0 Å². The van der Waals surface area contributed by atoms with E-state index in [9.17, 15) is 24.6 Å². The first-order valence-corrected chi connectivity index (χ1v) is 13.4. The highest BCUT2D eigenvalue weighted by atomic mass is 79.9. The first-order valence-electron chi connectivity index (χ1n) is 11.8. The van der Waals surface area contributed by atoms with Crippen molar-refractivity contribution >= 4 is 55.8 Å².